The number of ether oxygens (including phenoxy) is 6. The third-order valence-corrected chi connectivity index (χ3v) is 11.6. The van der Waals surface area contributed by atoms with Gasteiger partial charge in [0.15, 0.2) is 5.79 Å². The van der Waals surface area contributed by atoms with Crippen molar-refractivity contribution >= 4 is 11.8 Å². The lowest BCUT2D eigenvalue weighted by atomic mass is 9.69. The SMILES string of the molecule is C=C[C@@H](OCc1ccc(OC)cc1)[C@]1([C@@H]2[C@H](C)[C@H](O)[C@H](OCOC)[C@H]3CC/C(=C/[C@H]2Sc2ccccc2)C3(C)C)COC(C)(C)O1. The van der Waals surface area contributed by atoms with Gasteiger partial charge in [0.25, 0.3) is 0 Å². The molecule has 8 heteroatoms. The van der Waals surface area contributed by atoms with Crippen LogP contribution < -0.4 is 4.74 Å². The highest BCUT2D eigenvalue weighted by Gasteiger charge is 2.61. The van der Waals surface area contributed by atoms with Crippen LogP contribution in [0.2, 0.25) is 0 Å². The van der Waals surface area contributed by atoms with Gasteiger partial charge >= 0.3 is 0 Å². The molecule has 2 aliphatic carbocycles. The summed E-state index contributed by atoms with van der Waals surface area (Å²) in [4.78, 5) is 1.15. The van der Waals surface area contributed by atoms with Crippen LogP contribution in [0.25, 0.3) is 0 Å². The average Bonchev–Trinajstić information content (AvgIpc) is 3.52. The smallest absolute Gasteiger partial charge is 0.163 e. The minimum absolute atomic E-state index is 0.0780. The summed E-state index contributed by atoms with van der Waals surface area (Å²) in [5.41, 5.74) is 1.24. The molecule has 2 aromatic rings. The zero-order valence-electron chi connectivity index (χ0n) is 28.4. The predicted octanol–water partition coefficient (Wildman–Crippen LogP) is 7.43. The quantitative estimate of drug-likeness (QED) is 0.188. The van der Waals surface area contributed by atoms with Gasteiger partial charge in [-0.05, 0) is 73.8 Å². The number of fused-ring (bicyclic) bond motifs is 2. The average molecular weight is 653 g/mol. The van der Waals surface area contributed by atoms with Crippen molar-refractivity contribution < 1.29 is 33.5 Å². The van der Waals surface area contributed by atoms with Crippen LogP contribution in [0, 0.1) is 23.2 Å². The first-order valence-electron chi connectivity index (χ1n) is 16.4. The first-order chi connectivity index (χ1) is 22.0. The van der Waals surface area contributed by atoms with Crippen molar-refractivity contribution in [3.8, 4) is 5.75 Å². The van der Waals surface area contributed by atoms with Crippen LogP contribution >= 0.6 is 11.8 Å². The minimum atomic E-state index is -0.971. The van der Waals surface area contributed by atoms with Gasteiger partial charge in [-0.15, -0.1) is 18.3 Å². The summed E-state index contributed by atoms with van der Waals surface area (Å²) in [5.74, 6) is -0.487. The van der Waals surface area contributed by atoms with Gasteiger partial charge in [-0.25, -0.2) is 0 Å². The molecule has 1 aliphatic heterocycles. The summed E-state index contributed by atoms with van der Waals surface area (Å²) >= 11 is 1.81. The topological polar surface area (TPSA) is 75.6 Å². The van der Waals surface area contributed by atoms with E-state index in [4.69, 9.17) is 28.4 Å². The maximum atomic E-state index is 12.4. The number of rotatable bonds is 12. The van der Waals surface area contributed by atoms with Gasteiger partial charge in [0, 0.05) is 23.2 Å². The van der Waals surface area contributed by atoms with Crippen molar-refractivity contribution in [2.24, 2.45) is 23.2 Å². The number of allylic oxidation sites excluding steroid dienone is 1. The Morgan fingerprint density at radius 1 is 1.07 bits per heavy atom. The van der Waals surface area contributed by atoms with Crippen molar-refractivity contribution in [3.05, 3.63) is 84.5 Å². The third-order valence-electron chi connectivity index (χ3n) is 10.4. The fourth-order valence-corrected chi connectivity index (χ4v) is 9.40. The molecule has 0 spiro atoms. The molecule has 2 aromatic carbocycles. The van der Waals surface area contributed by atoms with Gasteiger partial charge in [-0.2, -0.15) is 0 Å². The number of benzene rings is 2. The molecule has 1 saturated carbocycles. The standard InChI is InChI=1S/C38H52O7S/c1-9-32(42-22-26-15-18-28(41-8)19-16-26)38(23-44-37(5,6)45-38)33-25(2)34(39)35(43-24-40-7)30-20-17-27(36(30,3)4)21-31(33)46-29-13-11-10-12-14-29/h9-16,18-19,21,25,30-35,39H,1,17,20,22-24H2,2-8H3/b27-21-/t25-,30+,31+,32+,33+,34-,35+,38-/m0/s1. The highest BCUT2D eigenvalue weighted by atomic mass is 32.2. The first-order valence-corrected chi connectivity index (χ1v) is 17.3. The Labute approximate surface area is 279 Å². The number of thioether (sulfide) groups is 1. The molecule has 8 atom stereocenters. The van der Waals surface area contributed by atoms with E-state index in [1.807, 2.05) is 62.0 Å². The van der Waals surface area contributed by atoms with Crippen molar-refractivity contribution in [3.63, 3.8) is 0 Å². The maximum absolute atomic E-state index is 12.4. The molecule has 2 bridgehead atoms. The van der Waals surface area contributed by atoms with Crippen LogP contribution in [0.4, 0.5) is 0 Å². The van der Waals surface area contributed by atoms with Gasteiger partial charge in [0.2, 0.25) is 0 Å². The molecule has 0 amide bonds. The summed E-state index contributed by atoms with van der Waals surface area (Å²) < 4.78 is 37.4. The summed E-state index contributed by atoms with van der Waals surface area (Å²) in [6.07, 6.45) is 4.43. The highest BCUT2D eigenvalue weighted by molar-refractivity contribution is 8.00. The zero-order chi connectivity index (χ0) is 33.1. The van der Waals surface area contributed by atoms with E-state index >= 15 is 0 Å². The summed E-state index contributed by atoms with van der Waals surface area (Å²) in [5, 5.41) is 12.4. The molecular formula is C38H52O7S. The molecule has 252 valence electrons. The predicted molar refractivity (Wildman–Crippen MR) is 182 cm³/mol. The van der Waals surface area contributed by atoms with E-state index in [0.717, 1.165) is 29.1 Å². The molecule has 0 unspecified atom stereocenters. The van der Waals surface area contributed by atoms with Crippen LogP contribution in [-0.2, 0) is 30.3 Å². The van der Waals surface area contributed by atoms with Crippen molar-refractivity contribution in [2.75, 3.05) is 27.6 Å². The molecule has 0 radical (unpaired) electrons. The first kappa shape index (κ1) is 35.1. The van der Waals surface area contributed by atoms with E-state index in [1.165, 1.54) is 5.57 Å². The molecule has 0 aromatic heterocycles. The van der Waals surface area contributed by atoms with Gasteiger partial charge in [0.1, 0.15) is 24.2 Å². The van der Waals surface area contributed by atoms with Crippen LogP contribution in [0.3, 0.4) is 0 Å². The van der Waals surface area contributed by atoms with Gasteiger partial charge in [0.05, 0.1) is 32.5 Å². The molecule has 1 N–H and O–H groups in total. The van der Waals surface area contributed by atoms with Crippen molar-refractivity contribution in [1.29, 1.82) is 0 Å². The Hall–Kier alpha value is -2.17. The monoisotopic (exact) mass is 652 g/mol. The van der Waals surface area contributed by atoms with Crippen molar-refractivity contribution in [2.45, 2.75) is 93.9 Å². The molecule has 2 fully saturated rings. The number of aliphatic hydroxyl groups excluding tert-OH is 1. The lowest BCUT2D eigenvalue weighted by Crippen LogP contribution is -2.59. The lowest BCUT2D eigenvalue weighted by Gasteiger charge is -2.48. The van der Waals surface area contributed by atoms with Crippen LogP contribution in [0.15, 0.2) is 83.8 Å². The number of hydrogen-bond donors (Lipinski definition) is 1. The normalized spacial score (nSPS) is 33.7. The molecule has 7 nitrogen and oxygen atoms in total. The number of hydrogen-bond acceptors (Lipinski definition) is 8. The number of methoxy groups -OCH3 is 2. The Morgan fingerprint density at radius 3 is 2.39 bits per heavy atom. The van der Waals surface area contributed by atoms with Gasteiger partial charge < -0.3 is 33.5 Å². The second-order valence-electron chi connectivity index (χ2n) is 13.9. The van der Waals surface area contributed by atoms with E-state index in [1.54, 1.807) is 14.2 Å². The minimum Gasteiger partial charge on any atom is -0.497 e. The van der Waals surface area contributed by atoms with Gasteiger partial charge in [-0.3, -0.25) is 0 Å². The molecular weight excluding hydrogens is 600 g/mol. The summed E-state index contributed by atoms with van der Waals surface area (Å²) in [7, 11) is 3.28. The summed E-state index contributed by atoms with van der Waals surface area (Å²) in [6.45, 7) is 15.6. The Bertz CT molecular complexity index is 1330. The second-order valence-corrected chi connectivity index (χ2v) is 15.2. The molecule has 5 rings (SSSR count). The van der Waals surface area contributed by atoms with E-state index in [0.29, 0.717) is 6.61 Å². The third kappa shape index (κ3) is 7.14. The van der Waals surface area contributed by atoms with Crippen LogP contribution in [0.1, 0.15) is 53.0 Å². The summed E-state index contributed by atoms with van der Waals surface area (Å²) in [6, 6.07) is 18.3. The van der Waals surface area contributed by atoms with E-state index in [9.17, 15) is 5.11 Å². The molecule has 1 saturated heterocycles. The Morgan fingerprint density at radius 2 is 1.78 bits per heavy atom. The van der Waals surface area contributed by atoms with Crippen molar-refractivity contribution in [1.82, 2.24) is 0 Å². The van der Waals surface area contributed by atoms with Crippen LogP contribution in [-0.4, -0.2) is 67.7 Å². The largest absolute Gasteiger partial charge is 0.497 e. The molecule has 1 heterocycles. The molecule has 3 aliphatic rings. The lowest BCUT2D eigenvalue weighted by molar-refractivity contribution is -0.217. The number of aliphatic hydroxyl groups is 1. The Balaban J connectivity index is 1.64. The van der Waals surface area contributed by atoms with E-state index in [-0.39, 0.29) is 41.8 Å². The van der Waals surface area contributed by atoms with Crippen LogP contribution in [0.5, 0.6) is 5.75 Å². The van der Waals surface area contributed by atoms with E-state index < -0.39 is 29.7 Å². The second kappa shape index (κ2) is 14.5. The fourth-order valence-electron chi connectivity index (χ4n) is 7.92. The van der Waals surface area contributed by atoms with Gasteiger partial charge in [-0.1, -0.05) is 68.8 Å². The van der Waals surface area contributed by atoms with E-state index in [2.05, 4.69) is 57.7 Å². The highest BCUT2D eigenvalue weighted by Crippen LogP contribution is 2.56. The zero-order valence-corrected chi connectivity index (χ0v) is 29.3. The molecule has 46 heavy (non-hydrogen) atoms. The fraction of sp³-hybridized carbons (Fsp3) is 0.579. The maximum Gasteiger partial charge on any atom is 0.163 e. The Kier molecular flexibility index (Phi) is 11.1.